The molecule has 0 aliphatic carbocycles. The van der Waals surface area contributed by atoms with E-state index in [-0.39, 0.29) is 23.5 Å². The second kappa shape index (κ2) is 6.94. The van der Waals surface area contributed by atoms with Crippen molar-refractivity contribution in [1.82, 2.24) is 9.88 Å². The van der Waals surface area contributed by atoms with Gasteiger partial charge in [0.25, 0.3) is 0 Å². The maximum atomic E-state index is 12.3. The number of halogens is 1. The topological polar surface area (TPSA) is 76.6 Å². The van der Waals surface area contributed by atoms with E-state index >= 15 is 0 Å². The number of amides is 1. The first-order valence-corrected chi connectivity index (χ1v) is 10.3. The fraction of sp³-hybridized carbons (Fsp3) is 0.714. The van der Waals surface area contributed by atoms with E-state index in [4.69, 9.17) is 16.3 Å². The van der Waals surface area contributed by atoms with Gasteiger partial charge in [-0.05, 0) is 33.1 Å². The van der Waals surface area contributed by atoms with Crippen LogP contribution in [0, 0.1) is 5.92 Å². The minimum absolute atomic E-state index is 0.0552. The molecule has 1 aliphatic rings. The van der Waals surface area contributed by atoms with E-state index < -0.39 is 15.4 Å². The van der Waals surface area contributed by atoms with E-state index in [2.05, 4.69) is 4.98 Å². The number of sulfone groups is 1. The second-order valence-electron chi connectivity index (χ2n) is 6.72. The molecule has 0 saturated carbocycles. The molecule has 0 aromatic carbocycles. The van der Waals surface area contributed by atoms with E-state index in [1.165, 1.54) is 17.5 Å². The Morgan fingerprint density at radius 3 is 2.78 bits per heavy atom. The molecule has 1 atom stereocenters. The molecular formula is C14H21ClN2O4S2. The summed E-state index contributed by atoms with van der Waals surface area (Å²) in [5.41, 5.74) is -0.549. The van der Waals surface area contributed by atoms with Gasteiger partial charge in [0, 0.05) is 24.2 Å². The largest absolute Gasteiger partial charge is 0.444 e. The van der Waals surface area contributed by atoms with Gasteiger partial charge >= 0.3 is 6.09 Å². The lowest BCUT2D eigenvalue weighted by Crippen LogP contribution is -2.35. The lowest BCUT2D eigenvalue weighted by molar-refractivity contribution is 0.0289. The molecule has 1 fully saturated rings. The number of ether oxygens (including phenoxy) is 1. The van der Waals surface area contributed by atoms with Gasteiger partial charge in [0.2, 0.25) is 0 Å². The molecule has 0 unspecified atom stereocenters. The van der Waals surface area contributed by atoms with Gasteiger partial charge in [-0.2, -0.15) is 0 Å². The first-order valence-electron chi connectivity index (χ1n) is 7.33. The van der Waals surface area contributed by atoms with Crippen molar-refractivity contribution < 1.29 is 17.9 Å². The van der Waals surface area contributed by atoms with Gasteiger partial charge in [-0.3, -0.25) is 0 Å². The zero-order chi connectivity index (χ0) is 17.3. The molecule has 0 N–H and O–H groups in total. The Balaban J connectivity index is 1.88. The van der Waals surface area contributed by atoms with Crippen molar-refractivity contribution in [3.05, 3.63) is 15.5 Å². The van der Waals surface area contributed by atoms with Crippen molar-refractivity contribution in [2.24, 2.45) is 5.92 Å². The van der Waals surface area contributed by atoms with Crippen molar-refractivity contribution in [3.8, 4) is 0 Å². The average molecular weight is 381 g/mol. The summed E-state index contributed by atoms with van der Waals surface area (Å²) in [5, 5.41) is 0. The molecule has 2 rings (SSSR count). The molecule has 1 aromatic rings. The molecule has 0 bridgehead atoms. The van der Waals surface area contributed by atoms with Crippen LogP contribution >= 0.6 is 22.9 Å². The molecule has 1 amide bonds. The van der Waals surface area contributed by atoms with Crippen LogP contribution < -0.4 is 0 Å². The maximum Gasteiger partial charge on any atom is 0.410 e. The number of aromatic nitrogens is 1. The fourth-order valence-electron chi connectivity index (χ4n) is 2.45. The lowest BCUT2D eigenvalue weighted by atomic mass is 10.2. The minimum atomic E-state index is -3.26. The van der Waals surface area contributed by atoms with Gasteiger partial charge in [0.1, 0.15) is 5.60 Å². The third kappa shape index (κ3) is 5.93. The Hall–Kier alpha value is -0.860. The molecule has 0 radical (unpaired) electrons. The van der Waals surface area contributed by atoms with Crippen LogP contribution in [0.25, 0.3) is 0 Å². The Labute approximate surface area is 145 Å². The summed E-state index contributed by atoms with van der Waals surface area (Å²) in [4.78, 5) is 18.1. The highest BCUT2D eigenvalue weighted by Crippen LogP contribution is 2.24. The number of likely N-dealkylation sites (tertiary alicyclic amines) is 1. The van der Waals surface area contributed by atoms with Gasteiger partial charge in [0.05, 0.1) is 11.5 Å². The van der Waals surface area contributed by atoms with E-state index in [9.17, 15) is 13.2 Å². The van der Waals surface area contributed by atoms with E-state index in [0.717, 1.165) is 0 Å². The molecule has 1 saturated heterocycles. The minimum Gasteiger partial charge on any atom is -0.444 e. The monoisotopic (exact) mass is 380 g/mol. The van der Waals surface area contributed by atoms with Crippen molar-refractivity contribution >= 4 is 38.9 Å². The Morgan fingerprint density at radius 2 is 2.22 bits per heavy atom. The van der Waals surface area contributed by atoms with E-state index in [0.29, 0.717) is 28.9 Å². The van der Waals surface area contributed by atoms with Crippen LogP contribution in [0.2, 0.25) is 4.47 Å². The van der Waals surface area contributed by atoms with Crippen LogP contribution in [0.15, 0.2) is 6.20 Å². The van der Waals surface area contributed by atoms with Crippen LogP contribution in [0.5, 0.6) is 0 Å². The Morgan fingerprint density at radius 1 is 1.52 bits per heavy atom. The van der Waals surface area contributed by atoms with Crippen LogP contribution in [0.1, 0.15) is 32.1 Å². The van der Waals surface area contributed by atoms with Crippen LogP contribution in [-0.2, 0) is 20.3 Å². The Kier molecular flexibility index (Phi) is 5.58. The summed E-state index contributed by atoms with van der Waals surface area (Å²) in [7, 11) is -3.26. The van der Waals surface area contributed by atoms with Crippen molar-refractivity contribution in [3.63, 3.8) is 0 Å². The summed E-state index contributed by atoms with van der Waals surface area (Å²) < 4.78 is 30.2. The molecule has 1 aromatic heterocycles. The zero-order valence-electron chi connectivity index (χ0n) is 13.4. The van der Waals surface area contributed by atoms with Gasteiger partial charge in [0.15, 0.2) is 14.3 Å². The highest BCUT2D eigenvalue weighted by atomic mass is 35.5. The van der Waals surface area contributed by atoms with Crippen molar-refractivity contribution in [2.45, 2.75) is 38.5 Å². The summed E-state index contributed by atoms with van der Waals surface area (Å²) in [6, 6.07) is 0. The van der Waals surface area contributed by atoms with Crippen LogP contribution in [0.3, 0.4) is 0 Å². The molecule has 0 spiro atoms. The molecular weight excluding hydrogens is 360 g/mol. The number of thiazole rings is 1. The molecule has 9 heteroatoms. The average Bonchev–Trinajstić information content (AvgIpc) is 2.95. The SMILES string of the molecule is CC(C)(C)OC(=O)N1CC[C@@H](CS(=O)(=O)Cc2cnc(Cl)s2)C1. The second-order valence-corrected chi connectivity index (χ2v) is 10.5. The number of rotatable bonds is 4. The fourth-order valence-corrected chi connectivity index (χ4v) is 5.61. The highest BCUT2D eigenvalue weighted by molar-refractivity contribution is 7.90. The van der Waals surface area contributed by atoms with Crippen LogP contribution in [0.4, 0.5) is 4.79 Å². The summed E-state index contributed by atoms with van der Waals surface area (Å²) in [6.07, 6.45) is 1.78. The molecule has 1 aliphatic heterocycles. The van der Waals surface area contributed by atoms with Crippen LogP contribution in [-0.4, -0.2) is 48.8 Å². The van der Waals surface area contributed by atoms with Gasteiger partial charge in [-0.1, -0.05) is 11.6 Å². The molecule has 2 heterocycles. The zero-order valence-corrected chi connectivity index (χ0v) is 15.8. The van der Waals surface area contributed by atoms with Gasteiger partial charge in [-0.15, -0.1) is 11.3 Å². The molecule has 6 nitrogen and oxygen atoms in total. The normalized spacial score (nSPS) is 19.1. The lowest BCUT2D eigenvalue weighted by Gasteiger charge is -2.24. The predicted octanol–water partition coefficient (Wildman–Crippen LogP) is 2.97. The molecule has 130 valence electrons. The number of hydrogen-bond donors (Lipinski definition) is 0. The summed E-state index contributed by atoms with van der Waals surface area (Å²) in [6.45, 7) is 6.37. The first kappa shape index (κ1) is 18.5. The van der Waals surface area contributed by atoms with Gasteiger partial charge in [-0.25, -0.2) is 18.2 Å². The van der Waals surface area contributed by atoms with Crippen molar-refractivity contribution in [2.75, 3.05) is 18.8 Å². The number of hydrogen-bond acceptors (Lipinski definition) is 6. The molecule has 23 heavy (non-hydrogen) atoms. The predicted molar refractivity (Wildman–Crippen MR) is 90.5 cm³/mol. The van der Waals surface area contributed by atoms with E-state index in [1.807, 2.05) is 20.8 Å². The van der Waals surface area contributed by atoms with Gasteiger partial charge < -0.3 is 9.64 Å². The third-order valence-corrected chi connectivity index (χ3v) is 6.34. The standard InChI is InChI=1S/C14H21ClN2O4S2/c1-14(2,3)21-13(18)17-5-4-10(7-17)8-23(19,20)9-11-6-16-12(15)22-11/h6,10H,4-5,7-9H2,1-3H3/t10-/m1/s1. The maximum absolute atomic E-state index is 12.3. The Bertz CT molecular complexity index is 667. The smallest absolute Gasteiger partial charge is 0.410 e. The first-order chi connectivity index (χ1) is 10.5. The van der Waals surface area contributed by atoms with E-state index in [1.54, 1.807) is 4.90 Å². The quantitative estimate of drug-likeness (QED) is 0.802. The number of carbonyl (C=O) groups excluding carboxylic acids is 1. The summed E-state index contributed by atoms with van der Waals surface area (Å²) in [5.74, 6) is -0.0572. The number of nitrogens with zero attached hydrogens (tertiary/aromatic N) is 2. The van der Waals surface area contributed by atoms with Crippen molar-refractivity contribution in [1.29, 1.82) is 0 Å². The summed E-state index contributed by atoms with van der Waals surface area (Å²) >= 11 is 6.90. The third-order valence-electron chi connectivity index (χ3n) is 3.31. The number of carbonyl (C=O) groups is 1. The highest BCUT2D eigenvalue weighted by Gasteiger charge is 2.32.